The highest BCUT2D eigenvalue weighted by atomic mass is 31.2. The predicted octanol–water partition coefficient (Wildman–Crippen LogP) is -1.86. The SMILES string of the molecule is CN1CCN(CC(=O)O)CCN(CC(=O)O)CCN(CP(=O)(O)O)CC1. The fourth-order valence-corrected chi connectivity index (χ4v) is 3.54. The Bertz CT molecular complexity index is 516. The molecule has 1 fully saturated rings. The molecule has 0 unspecified atom stereocenters. The Balaban J connectivity index is 2.81. The van der Waals surface area contributed by atoms with E-state index in [2.05, 4.69) is 0 Å². The molecule has 0 aromatic rings. The second-order valence-corrected chi connectivity index (χ2v) is 8.18. The number of rotatable bonds is 6. The van der Waals surface area contributed by atoms with E-state index >= 15 is 0 Å². The van der Waals surface area contributed by atoms with Gasteiger partial charge in [0, 0.05) is 52.4 Å². The van der Waals surface area contributed by atoms with Gasteiger partial charge in [-0.1, -0.05) is 0 Å². The molecule has 0 radical (unpaired) electrons. The Labute approximate surface area is 152 Å². The second kappa shape index (κ2) is 10.9. The molecule has 0 amide bonds. The van der Waals surface area contributed by atoms with Gasteiger partial charge in [-0.3, -0.25) is 28.9 Å². The third-order valence-corrected chi connectivity index (χ3v) is 4.93. The van der Waals surface area contributed by atoms with Gasteiger partial charge in [-0.15, -0.1) is 0 Å². The average Bonchev–Trinajstić information content (AvgIpc) is 2.48. The van der Waals surface area contributed by atoms with Crippen LogP contribution in [0.5, 0.6) is 0 Å². The van der Waals surface area contributed by atoms with Crippen molar-refractivity contribution >= 4 is 19.5 Å². The lowest BCUT2D eigenvalue weighted by atomic mass is 10.3. The van der Waals surface area contributed by atoms with Crippen LogP contribution in [0.15, 0.2) is 0 Å². The highest BCUT2D eigenvalue weighted by Gasteiger charge is 2.22. The summed E-state index contributed by atoms with van der Waals surface area (Å²) in [4.78, 5) is 47.6. The normalized spacial score (nSPS) is 21.0. The van der Waals surface area contributed by atoms with Crippen LogP contribution in [0, 0.1) is 0 Å². The van der Waals surface area contributed by atoms with Crippen molar-refractivity contribution < 1.29 is 34.2 Å². The summed E-state index contributed by atoms with van der Waals surface area (Å²) >= 11 is 0. The van der Waals surface area contributed by atoms with Crippen molar-refractivity contribution in [3.05, 3.63) is 0 Å². The fourth-order valence-electron chi connectivity index (χ4n) is 2.74. The number of carbonyl (C=O) groups is 2. The van der Waals surface area contributed by atoms with E-state index in [4.69, 9.17) is 10.2 Å². The van der Waals surface area contributed by atoms with Crippen molar-refractivity contribution in [2.45, 2.75) is 0 Å². The van der Waals surface area contributed by atoms with Gasteiger partial charge in [-0.05, 0) is 7.05 Å². The van der Waals surface area contributed by atoms with E-state index in [-0.39, 0.29) is 19.4 Å². The van der Waals surface area contributed by atoms with Crippen molar-refractivity contribution in [1.29, 1.82) is 0 Å². The van der Waals surface area contributed by atoms with Crippen LogP contribution in [0.2, 0.25) is 0 Å². The van der Waals surface area contributed by atoms with Crippen molar-refractivity contribution in [3.8, 4) is 0 Å². The Kier molecular flexibility index (Phi) is 9.66. The minimum absolute atomic E-state index is 0.112. The summed E-state index contributed by atoms with van der Waals surface area (Å²) in [6.45, 7) is 3.24. The maximum Gasteiger partial charge on any atom is 0.339 e. The fraction of sp³-hybridized carbons (Fsp3) is 0.857. The Morgan fingerprint density at radius 3 is 1.50 bits per heavy atom. The molecule has 0 atom stereocenters. The molecule has 0 aromatic carbocycles. The molecule has 0 aromatic heterocycles. The van der Waals surface area contributed by atoms with Crippen LogP contribution in [-0.2, 0) is 14.2 Å². The van der Waals surface area contributed by atoms with Crippen molar-refractivity contribution in [1.82, 2.24) is 19.6 Å². The zero-order valence-corrected chi connectivity index (χ0v) is 15.9. The number of nitrogens with zero attached hydrogens (tertiary/aromatic N) is 4. The summed E-state index contributed by atoms with van der Waals surface area (Å²) < 4.78 is 11.3. The largest absolute Gasteiger partial charge is 0.480 e. The summed E-state index contributed by atoms with van der Waals surface area (Å²) in [6.07, 6.45) is -0.368. The molecule has 152 valence electrons. The maximum absolute atomic E-state index is 11.3. The van der Waals surface area contributed by atoms with Gasteiger partial charge in [0.1, 0.15) is 6.29 Å². The lowest BCUT2D eigenvalue weighted by Crippen LogP contribution is -2.47. The van der Waals surface area contributed by atoms with Crippen LogP contribution in [0.25, 0.3) is 0 Å². The van der Waals surface area contributed by atoms with Crippen LogP contribution < -0.4 is 0 Å². The first-order chi connectivity index (χ1) is 12.0. The van der Waals surface area contributed by atoms with Gasteiger partial charge in [0.15, 0.2) is 0 Å². The van der Waals surface area contributed by atoms with Crippen molar-refractivity contribution in [2.24, 2.45) is 0 Å². The van der Waals surface area contributed by atoms with Gasteiger partial charge in [-0.2, -0.15) is 0 Å². The number of aliphatic carboxylic acids is 2. The van der Waals surface area contributed by atoms with E-state index < -0.39 is 19.5 Å². The van der Waals surface area contributed by atoms with Crippen molar-refractivity contribution in [3.63, 3.8) is 0 Å². The van der Waals surface area contributed by atoms with Crippen LogP contribution in [0.3, 0.4) is 0 Å². The minimum atomic E-state index is -4.21. The molecule has 1 aliphatic heterocycles. The van der Waals surface area contributed by atoms with Crippen LogP contribution in [0.1, 0.15) is 0 Å². The topological polar surface area (TPSA) is 145 Å². The Hall–Kier alpha value is -1.07. The second-order valence-electron chi connectivity index (χ2n) is 6.57. The first kappa shape index (κ1) is 23.0. The number of hydrogen-bond acceptors (Lipinski definition) is 7. The molecule has 11 nitrogen and oxygen atoms in total. The molecule has 12 heteroatoms. The molecule has 0 spiro atoms. The number of hydrogen-bond donors (Lipinski definition) is 4. The van der Waals surface area contributed by atoms with Crippen molar-refractivity contribution in [2.75, 3.05) is 78.8 Å². The third-order valence-electron chi connectivity index (χ3n) is 4.16. The zero-order chi connectivity index (χ0) is 19.7. The van der Waals surface area contributed by atoms with Crippen LogP contribution in [-0.4, -0.2) is 130 Å². The van der Waals surface area contributed by atoms with Crippen LogP contribution in [0.4, 0.5) is 0 Å². The lowest BCUT2D eigenvalue weighted by molar-refractivity contribution is -0.140. The molecule has 1 rings (SSSR count). The van der Waals surface area contributed by atoms with E-state index in [0.29, 0.717) is 52.4 Å². The molecule has 26 heavy (non-hydrogen) atoms. The van der Waals surface area contributed by atoms with E-state index in [1.807, 2.05) is 11.9 Å². The molecule has 0 bridgehead atoms. The van der Waals surface area contributed by atoms with Gasteiger partial charge in [0.05, 0.1) is 13.1 Å². The predicted molar refractivity (Wildman–Crippen MR) is 94.1 cm³/mol. The minimum Gasteiger partial charge on any atom is -0.480 e. The molecular weight excluding hydrogens is 367 g/mol. The summed E-state index contributed by atoms with van der Waals surface area (Å²) in [6, 6.07) is 0. The summed E-state index contributed by atoms with van der Waals surface area (Å²) in [7, 11) is -2.33. The summed E-state index contributed by atoms with van der Waals surface area (Å²) in [5, 5.41) is 18.1. The maximum atomic E-state index is 11.3. The molecule has 4 N–H and O–H groups in total. The number of carboxylic acids is 2. The molecule has 0 saturated carbocycles. The van der Waals surface area contributed by atoms with Gasteiger partial charge >= 0.3 is 19.5 Å². The average molecular weight is 396 g/mol. The van der Waals surface area contributed by atoms with E-state index in [1.54, 1.807) is 14.7 Å². The lowest BCUT2D eigenvalue weighted by Gasteiger charge is -2.32. The standard InChI is InChI=1S/C14H29N4O7P/c1-15-2-4-16(10-13(19)20)6-7-17(11-14(21)22)8-9-18(5-3-15)12-26(23,24)25/h2-12H2,1H3,(H,19,20)(H,21,22)(H2,23,24,25). The molecule has 1 heterocycles. The smallest absolute Gasteiger partial charge is 0.339 e. The Morgan fingerprint density at radius 2 is 1.12 bits per heavy atom. The van der Waals surface area contributed by atoms with Crippen LogP contribution >= 0.6 is 7.60 Å². The number of likely N-dealkylation sites (N-methyl/N-ethyl adjacent to an activating group) is 1. The monoisotopic (exact) mass is 396 g/mol. The van der Waals surface area contributed by atoms with E-state index in [1.165, 1.54) is 0 Å². The molecule has 1 aliphatic rings. The number of carboxylic acid groups (broad SMARTS) is 2. The quantitative estimate of drug-likeness (QED) is 0.375. The van der Waals surface area contributed by atoms with Gasteiger partial charge in [0.2, 0.25) is 0 Å². The van der Waals surface area contributed by atoms with Gasteiger partial charge in [0.25, 0.3) is 0 Å². The Morgan fingerprint density at radius 1 is 0.769 bits per heavy atom. The molecule has 1 saturated heterocycles. The van der Waals surface area contributed by atoms with E-state index in [0.717, 1.165) is 0 Å². The molecule has 0 aliphatic carbocycles. The van der Waals surface area contributed by atoms with Gasteiger partial charge < -0.3 is 24.9 Å². The summed E-state index contributed by atoms with van der Waals surface area (Å²) in [5.74, 6) is -1.93. The zero-order valence-electron chi connectivity index (χ0n) is 15.0. The summed E-state index contributed by atoms with van der Waals surface area (Å²) in [5.41, 5.74) is 0. The van der Waals surface area contributed by atoms with Gasteiger partial charge in [-0.25, -0.2) is 0 Å². The first-order valence-corrected chi connectivity index (χ1v) is 10.2. The molecular formula is C14H29N4O7P. The first-order valence-electron chi connectivity index (χ1n) is 8.39. The highest BCUT2D eigenvalue weighted by molar-refractivity contribution is 7.51. The third kappa shape index (κ3) is 10.8. The van der Waals surface area contributed by atoms with E-state index in [9.17, 15) is 23.9 Å². The highest BCUT2D eigenvalue weighted by Crippen LogP contribution is 2.34.